The molecule has 3 rings (SSSR count). The number of carbonyl (C=O) groups is 1. The summed E-state index contributed by atoms with van der Waals surface area (Å²) in [4.78, 5) is 11.7. The number of amides is 1. The number of hydrogen-bond donors (Lipinski definition) is 3. The topological polar surface area (TPSA) is 80.9 Å². The summed E-state index contributed by atoms with van der Waals surface area (Å²) in [5, 5.41) is 3.16. The van der Waals surface area contributed by atoms with Crippen LogP contribution in [-0.4, -0.2) is 24.4 Å². The van der Waals surface area contributed by atoms with Crippen LogP contribution in [0.2, 0.25) is 0 Å². The normalized spacial score (nSPS) is 11.6. The molecular weight excluding hydrogens is 361 g/mol. The van der Waals surface area contributed by atoms with E-state index in [0.29, 0.717) is 18.0 Å². The van der Waals surface area contributed by atoms with Gasteiger partial charge in [-0.15, -0.1) is 0 Å². The van der Waals surface area contributed by atoms with E-state index in [0.717, 1.165) is 5.56 Å². The number of halogens is 1. The molecule has 0 spiro atoms. The highest BCUT2D eigenvalue weighted by Gasteiger charge is 2.13. The molecule has 1 aliphatic rings. The largest absolute Gasteiger partial charge is 0.481 e. The lowest BCUT2D eigenvalue weighted by atomic mass is 10.2. The maximum absolute atomic E-state index is 13.4. The van der Waals surface area contributed by atoms with Gasteiger partial charge >= 0.3 is 0 Å². The van der Waals surface area contributed by atoms with Crippen LogP contribution in [0.3, 0.4) is 0 Å². The van der Waals surface area contributed by atoms with Crippen molar-refractivity contribution in [3.8, 4) is 17.2 Å². The number of fused-ring (bicyclic) bond motifs is 1. The van der Waals surface area contributed by atoms with Crippen LogP contribution in [0.25, 0.3) is 0 Å². The van der Waals surface area contributed by atoms with Gasteiger partial charge in [0.1, 0.15) is 0 Å². The fraction of sp³-hybridized carbons (Fsp3) is 0.176. The van der Waals surface area contributed by atoms with Crippen LogP contribution in [0.4, 0.5) is 4.39 Å². The number of nitrogens with one attached hydrogen (secondary N) is 3. The molecule has 136 valence electrons. The molecule has 0 saturated heterocycles. The van der Waals surface area contributed by atoms with Crippen molar-refractivity contribution in [1.29, 1.82) is 0 Å². The zero-order chi connectivity index (χ0) is 18.4. The van der Waals surface area contributed by atoms with Crippen molar-refractivity contribution < 1.29 is 23.4 Å². The van der Waals surface area contributed by atoms with Crippen molar-refractivity contribution in [3.05, 3.63) is 53.8 Å². The first-order valence-corrected chi connectivity index (χ1v) is 8.11. The second kappa shape index (κ2) is 8.34. The molecule has 0 aliphatic carbocycles. The highest BCUT2D eigenvalue weighted by atomic mass is 32.1. The molecule has 0 radical (unpaired) electrons. The third-order valence-electron chi connectivity index (χ3n) is 3.40. The molecule has 0 bridgehead atoms. The van der Waals surface area contributed by atoms with E-state index in [1.807, 2.05) is 18.2 Å². The van der Waals surface area contributed by atoms with Gasteiger partial charge in [0.25, 0.3) is 5.91 Å². The highest BCUT2D eigenvalue weighted by molar-refractivity contribution is 7.80. The summed E-state index contributed by atoms with van der Waals surface area (Å²) in [5.41, 5.74) is 5.85. The summed E-state index contributed by atoms with van der Waals surface area (Å²) in [6.45, 7) is 0.302. The number of ether oxygens (including phenoxy) is 3. The molecule has 0 atom stereocenters. The summed E-state index contributed by atoms with van der Waals surface area (Å²) in [5.74, 6) is 0.360. The Morgan fingerprint density at radius 2 is 1.96 bits per heavy atom. The van der Waals surface area contributed by atoms with E-state index in [1.54, 1.807) is 6.07 Å². The molecule has 0 unspecified atom stereocenters. The van der Waals surface area contributed by atoms with E-state index in [4.69, 9.17) is 26.4 Å². The summed E-state index contributed by atoms with van der Waals surface area (Å²) >= 11 is 5.08. The fourth-order valence-corrected chi connectivity index (χ4v) is 2.27. The second-order valence-corrected chi connectivity index (χ2v) is 5.67. The lowest BCUT2D eigenvalue weighted by Crippen LogP contribution is -2.48. The quantitative estimate of drug-likeness (QED) is 0.540. The molecule has 2 aromatic carbocycles. The van der Waals surface area contributed by atoms with Crippen LogP contribution in [0.15, 0.2) is 42.5 Å². The molecule has 1 heterocycles. The molecule has 2 aromatic rings. The fourth-order valence-electron chi connectivity index (χ4n) is 2.15. The van der Waals surface area contributed by atoms with E-state index < -0.39 is 11.7 Å². The smallest absolute Gasteiger partial charge is 0.276 e. The number of rotatable bonds is 5. The van der Waals surface area contributed by atoms with E-state index in [1.165, 1.54) is 18.2 Å². The average molecular weight is 377 g/mol. The first-order valence-electron chi connectivity index (χ1n) is 7.70. The van der Waals surface area contributed by atoms with Crippen molar-refractivity contribution in [2.75, 3.05) is 13.4 Å². The first-order chi connectivity index (χ1) is 12.6. The maximum atomic E-state index is 13.4. The third kappa shape index (κ3) is 4.73. The highest BCUT2D eigenvalue weighted by Crippen LogP contribution is 2.32. The zero-order valence-electron chi connectivity index (χ0n) is 13.6. The van der Waals surface area contributed by atoms with E-state index in [2.05, 4.69) is 16.2 Å². The van der Waals surface area contributed by atoms with Gasteiger partial charge in [0.05, 0.1) is 0 Å². The number of hydrogen-bond acceptors (Lipinski definition) is 5. The molecule has 0 saturated carbocycles. The van der Waals surface area contributed by atoms with Gasteiger partial charge in [-0.25, -0.2) is 4.39 Å². The standard InChI is InChI=1S/C17H16FN3O4S/c18-12-3-1-2-4-13(12)23-9-16(22)20-21-17(26)19-8-11-5-6-14-15(7-11)25-10-24-14/h1-7H,8-10H2,(H,20,22)(H2,19,21,26). The van der Waals surface area contributed by atoms with Gasteiger partial charge in [-0.2, -0.15) is 0 Å². The van der Waals surface area contributed by atoms with E-state index in [9.17, 15) is 9.18 Å². The monoisotopic (exact) mass is 377 g/mol. The summed E-state index contributed by atoms with van der Waals surface area (Å²) in [6.07, 6.45) is 0. The van der Waals surface area contributed by atoms with Gasteiger partial charge in [-0.05, 0) is 42.0 Å². The Morgan fingerprint density at radius 1 is 1.15 bits per heavy atom. The zero-order valence-corrected chi connectivity index (χ0v) is 14.4. The van der Waals surface area contributed by atoms with Crippen LogP contribution in [0.5, 0.6) is 17.2 Å². The molecular formula is C17H16FN3O4S. The SMILES string of the molecule is O=C(COc1ccccc1F)NNC(=S)NCc1ccc2c(c1)OCO2. The van der Waals surface area contributed by atoms with Gasteiger partial charge < -0.3 is 19.5 Å². The number of hydrazine groups is 1. The Kier molecular flexibility index (Phi) is 5.69. The van der Waals surface area contributed by atoms with Gasteiger partial charge in [0, 0.05) is 6.54 Å². The minimum atomic E-state index is -0.533. The van der Waals surface area contributed by atoms with Gasteiger partial charge in [0.2, 0.25) is 6.79 Å². The molecule has 0 fully saturated rings. The van der Waals surface area contributed by atoms with Crippen LogP contribution >= 0.6 is 12.2 Å². The molecule has 9 heteroatoms. The van der Waals surface area contributed by atoms with Crippen LogP contribution in [0, 0.1) is 5.82 Å². The first kappa shape index (κ1) is 17.7. The minimum Gasteiger partial charge on any atom is -0.481 e. The van der Waals surface area contributed by atoms with Crippen LogP contribution < -0.4 is 30.4 Å². The lowest BCUT2D eigenvalue weighted by Gasteiger charge is -2.12. The summed E-state index contributed by atoms with van der Waals surface area (Å²) in [6, 6.07) is 11.4. The minimum absolute atomic E-state index is 0.00570. The molecule has 1 amide bonds. The maximum Gasteiger partial charge on any atom is 0.276 e. The Bertz CT molecular complexity index is 818. The molecule has 26 heavy (non-hydrogen) atoms. The number of thiocarbonyl (C=S) groups is 1. The van der Waals surface area contributed by atoms with Gasteiger partial charge in [-0.3, -0.25) is 15.6 Å². The van der Waals surface area contributed by atoms with E-state index >= 15 is 0 Å². The predicted octanol–water partition coefficient (Wildman–Crippen LogP) is 1.63. The lowest BCUT2D eigenvalue weighted by molar-refractivity contribution is -0.123. The van der Waals surface area contributed by atoms with Crippen molar-refractivity contribution in [2.45, 2.75) is 6.54 Å². The average Bonchev–Trinajstić information content (AvgIpc) is 3.12. The number of carbonyl (C=O) groups excluding carboxylic acids is 1. The van der Waals surface area contributed by atoms with Crippen LogP contribution in [0.1, 0.15) is 5.56 Å². The van der Waals surface area contributed by atoms with Crippen molar-refractivity contribution in [2.24, 2.45) is 0 Å². The predicted molar refractivity (Wildman–Crippen MR) is 95.2 cm³/mol. The molecule has 3 N–H and O–H groups in total. The Hall–Kier alpha value is -3.07. The molecule has 0 aromatic heterocycles. The van der Waals surface area contributed by atoms with Crippen LogP contribution in [-0.2, 0) is 11.3 Å². The van der Waals surface area contributed by atoms with Gasteiger partial charge in [0.15, 0.2) is 34.8 Å². The summed E-state index contributed by atoms with van der Waals surface area (Å²) in [7, 11) is 0. The second-order valence-electron chi connectivity index (χ2n) is 5.26. The van der Waals surface area contributed by atoms with Crippen molar-refractivity contribution in [1.82, 2.24) is 16.2 Å². The van der Waals surface area contributed by atoms with Crippen molar-refractivity contribution >= 4 is 23.2 Å². The van der Waals surface area contributed by atoms with Crippen molar-refractivity contribution in [3.63, 3.8) is 0 Å². The summed E-state index contributed by atoms with van der Waals surface area (Å²) < 4.78 is 29.0. The molecule has 7 nitrogen and oxygen atoms in total. The Labute approximate surface area is 154 Å². The molecule has 1 aliphatic heterocycles. The Morgan fingerprint density at radius 3 is 2.81 bits per heavy atom. The number of benzene rings is 2. The Balaban J connectivity index is 1.37. The third-order valence-corrected chi connectivity index (χ3v) is 3.65. The van der Waals surface area contributed by atoms with Gasteiger partial charge in [-0.1, -0.05) is 18.2 Å². The van der Waals surface area contributed by atoms with E-state index in [-0.39, 0.29) is 24.3 Å². The number of para-hydroxylation sites is 1.